The van der Waals surface area contributed by atoms with Crippen LogP contribution >= 0.6 is 39.0 Å². The van der Waals surface area contributed by atoms with E-state index in [0.29, 0.717) is 10.8 Å². The molecule has 108 valence electrons. The van der Waals surface area contributed by atoms with Gasteiger partial charge in [0.05, 0.1) is 10.6 Å². The first-order valence-corrected chi connectivity index (χ1v) is 8.14. The lowest BCUT2D eigenvalue weighted by molar-refractivity contribution is -0.141. The van der Waals surface area contributed by atoms with Crippen molar-refractivity contribution >= 4 is 39.0 Å². The van der Waals surface area contributed by atoms with Crippen molar-refractivity contribution in [3.8, 4) is 0 Å². The van der Waals surface area contributed by atoms with Gasteiger partial charge in [0.1, 0.15) is 5.01 Å². The molecule has 0 fully saturated rings. The largest absolute Gasteiger partial charge is 0.434 e. The Morgan fingerprint density at radius 2 is 2.00 bits per heavy atom. The molecule has 1 heterocycles. The second kappa shape index (κ2) is 6.46. The number of rotatable bonds is 4. The predicted octanol–water partition coefficient (Wildman–Crippen LogP) is 4.68. The number of aromatic nitrogens is 1. The normalized spacial score (nSPS) is 11.8. The van der Waals surface area contributed by atoms with Gasteiger partial charge >= 0.3 is 6.18 Å². The van der Waals surface area contributed by atoms with E-state index >= 15 is 0 Å². The molecule has 0 saturated heterocycles. The summed E-state index contributed by atoms with van der Waals surface area (Å²) >= 11 is 5.85. The van der Waals surface area contributed by atoms with Gasteiger partial charge in [0, 0.05) is 15.9 Å². The number of thioether (sulfide) groups is 1. The minimum Gasteiger partial charge on any atom is -0.326 e. The third kappa shape index (κ3) is 3.75. The number of benzene rings is 1. The summed E-state index contributed by atoms with van der Waals surface area (Å²) in [6.45, 7) is -0.147. The minimum atomic E-state index is -4.44. The molecule has 0 unspecified atom stereocenters. The molecule has 0 aliphatic heterocycles. The maximum absolute atomic E-state index is 12.8. The number of nitrogens with two attached hydrogens (primary N) is 1. The molecule has 0 aliphatic rings. The van der Waals surface area contributed by atoms with Crippen LogP contribution in [0.3, 0.4) is 0 Å². The molecular formula is C12H10BrF3N2S2. The van der Waals surface area contributed by atoms with E-state index in [1.807, 2.05) is 24.3 Å². The molecular weight excluding hydrogens is 373 g/mol. The number of hydrogen-bond donors (Lipinski definition) is 1. The van der Waals surface area contributed by atoms with Gasteiger partial charge < -0.3 is 5.73 Å². The van der Waals surface area contributed by atoms with Crippen molar-refractivity contribution in [2.45, 2.75) is 23.4 Å². The summed E-state index contributed by atoms with van der Waals surface area (Å²) in [5.74, 6) is 0.385. The van der Waals surface area contributed by atoms with Crippen LogP contribution in [0.25, 0.3) is 0 Å². The van der Waals surface area contributed by atoms with E-state index in [4.69, 9.17) is 5.73 Å². The fourth-order valence-corrected chi connectivity index (χ4v) is 4.05. The Labute approximate surface area is 130 Å². The standard InChI is InChI=1S/C12H10BrF3N2S2/c13-7-3-1-2-4-8(7)19-6-10-18-11(12(14,15)16)9(5-17)20-10/h1-4H,5-6,17H2. The van der Waals surface area contributed by atoms with Crippen LogP contribution in [-0.2, 0) is 18.5 Å². The number of hydrogen-bond acceptors (Lipinski definition) is 4. The van der Waals surface area contributed by atoms with Crippen LogP contribution in [0.2, 0.25) is 0 Å². The average Bonchev–Trinajstić information content (AvgIpc) is 2.81. The van der Waals surface area contributed by atoms with Crippen molar-refractivity contribution in [3.05, 3.63) is 44.3 Å². The highest BCUT2D eigenvalue weighted by Gasteiger charge is 2.36. The highest BCUT2D eigenvalue weighted by molar-refractivity contribution is 9.10. The lowest BCUT2D eigenvalue weighted by Gasteiger charge is -2.03. The van der Waals surface area contributed by atoms with Gasteiger partial charge in [0.15, 0.2) is 5.69 Å². The molecule has 2 N–H and O–H groups in total. The molecule has 0 radical (unpaired) electrons. The number of alkyl halides is 3. The maximum Gasteiger partial charge on any atom is 0.434 e. The topological polar surface area (TPSA) is 38.9 Å². The lowest BCUT2D eigenvalue weighted by atomic mass is 10.3. The van der Waals surface area contributed by atoms with Crippen molar-refractivity contribution < 1.29 is 13.2 Å². The molecule has 0 amide bonds. The summed E-state index contributed by atoms with van der Waals surface area (Å²) in [4.78, 5) is 4.72. The third-order valence-electron chi connectivity index (χ3n) is 2.38. The number of thiazole rings is 1. The van der Waals surface area contributed by atoms with Gasteiger partial charge in [-0.05, 0) is 28.1 Å². The van der Waals surface area contributed by atoms with Gasteiger partial charge in [-0.3, -0.25) is 0 Å². The van der Waals surface area contributed by atoms with Crippen LogP contribution in [0, 0.1) is 0 Å². The summed E-state index contributed by atoms with van der Waals surface area (Å²) in [7, 11) is 0. The zero-order chi connectivity index (χ0) is 14.8. The van der Waals surface area contributed by atoms with Gasteiger partial charge in [-0.2, -0.15) is 13.2 Å². The summed E-state index contributed by atoms with van der Waals surface area (Å²) in [5, 5.41) is 0.429. The fourth-order valence-electron chi connectivity index (χ4n) is 1.52. The molecule has 0 bridgehead atoms. The highest BCUT2D eigenvalue weighted by atomic mass is 79.9. The Kier molecular flexibility index (Phi) is 5.11. The Morgan fingerprint density at radius 3 is 2.55 bits per heavy atom. The fraction of sp³-hybridized carbons (Fsp3) is 0.250. The first-order chi connectivity index (χ1) is 9.41. The highest BCUT2D eigenvalue weighted by Crippen LogP contribution is 2.36. The average molecular weight is 383 g/mol. The number of halogens is 4. The third-order valence-corrected chi connectivity index (χ3v) is 5.68. The van der Waals surface area contributed by atoms with E-state index in [9.17, 15) is 13.2 Å². The van der Waals surface area contributed by atoms with Crippen molar-refractivity contribution in [2.24, 2.45) is 5.73 Å². The van der Waals surface area contributed by atoms with Crippen LogP contribution in [0.5, 0.6) is 0 Å². The van der Waals surface area contributed by atoms with E-state index in [-0.39, 0.29) is 11.4 Å². The zero-order valence-electron chi connectivity index (χ0n) is 10.1. The summed E-state index contributed by atoms with van der Waals surface area (Å²) < 4.78 is 39.2. The van der Waals surface area contributed by atoms with Gasteiger partial charge in [0.2, 0.25) is 0 Å². The monoisotopic (exact) mass is 382 g/mol. The van der Waals surface area contributed by atoms with E-state index in [1.165, 1.54) is 11.8 Å². The molecule has 0 spiro atoms. The molecule has 0 saturated carbocycles. The SMILES string of the molecule is NCc1sc(CSc2ccccc2Br)nc1C(F)(F)F. The van der Waals surface area contributed by atoms with Gasteiger partial charge in [-0.25, -0.2) is 4.98 Å². The Hall–Kier alpha value is -0.570. The predicted molar refractivity (Wildman–Crippen MR) is 78.7 cm³/mol. The first-order valence-electron chi connectivity index (χ1n) is 5.55. The van der Waals surface area contributed by atoms with Crippen LogP contribution < -0.4 is 5.73 Å². The maximum atomic E-state index is 12.8. The van der Waals surface area contributed by atoms with Crippen LogP contribution in [0.1, 0.15) is 15.6 Å². The smallest absolute Gasteiger partial charge is 0.326 e. The van der Waals surface area contributed by atoms with Crippen LogP contribution in [-0.4, -0.2) is 4.98 Å². The Balaban J connectivity index is 2.15. The summed E-state index contributed by atoms with van der Waals surface area (Å²) in [6.07, 6.45) is -4.44. The lowest BCUT2D eigenvalue weighted by Crippen LogP contribution is -2.10. The van der Waals surface area contributed by atoms with Crippen molar-refractivity contribution in [1.29, 1.82) is 0 Å². The molecule has 1 aromatic heterocycles. The van der Waals surface area contributed by atoms with Gasteiger partial charge in [-0.15, -0.1) is 23.1 Å². The first kappa shape index (κ1) is 15.8. The summed E-state index contributed by atoms with van der Waals surface area (Å²) in [5.41, 5.74) is 4.49. The minimum absolute atomic E-state index is 0.0835. The van der Waals surface area contributed by atoms with E-state index < -0.39 is 11.9 Å². The molecule has 0 aliphatic carbocycles. The Bertz CT molecular complexity index is 599. The van der Waals surface area contributed by atoms with Gasteiger partial charge in [-0.1, -0.05) is 12.1 Å². The molecule has 8 heteroatoms. The van der Waals surface area contributed by atoms with Gasteiger partial charge in [0.25, 0.3) is 0 Å². The van der Waals surface area contributed by atoms with E-state index in [2.05, 4.69) is 20.9 Å². The Morgan fingerprint density at radius 1 is 1.30 bits per heavy atom. The number of nitrogens with zero attached hydrogens (tertiary/aromatic N) is 1. The van der Waals surface area contributed by atoms with Crippen molar-refractivity contribution in [3.63, 3.8) is 0 Å². The molecule has 2 aromatic rings. The second-order valence-corrected chi connectivity index (χ2v) is 6.84. The van der Waals surface area contributed by atoms with Crippen LogP contribution in [0.15, 0.2) is 33.6 Å². The van der Waals surface area contributed by atoms with Crippen molar-refractivity contribution in [2.75, 3.05) is 0 Å². The second-order valence-electron chi connectivity index (χ2n) is 3.80. The van der Waals surface area contributed by atoms with E-state index in [0.717, 1.165) is 20.7 Å². The van der Waals surface area contributed by atoms with E-state index in [1.54, 1.807) is 0 Å². The quantitative estimate of drug-likeness (QED) is 0.780. The molecule has 2 nitrogen and oxygen atoms in total. The molecule has 1 aromatic carbocycles. The zero-order valence-corrected chi connectivity index (χ0v) is 13.3. The van der Waals surface area contributed by atoms with Crippen LogP contribution in [0.4, 0.5) is 13.2 Å². The molecule has 2 rings (SSSR count). The molecule has 0 atom stereocenters. The summed E-state index contributed by atoms with van der Waals surface area (Å²) in [6, 6.07) is 7.54. The molecule has 20 heavy (non-hydrogen) atoms. The van der Waals surface area contributed by atoms with Crippen molar-refractivity contribution in [1.82, 2.24) is 4.98 Å².